The first-order chi connectivity index (χ1) is 8.61. The summed E-state index contributed by atoms with van der Waals surface area (Å²) in [4.78, 5) is 0. The molecule has 0 aliphatic heterocycles. The largest absolute Gasteiger partial charge is 0.316 e. The highest BCUT2D eigenvalue weighted by Crippen LogP contribution is 2.19. The van der Waals surface area contributed by atoms with Gasteiger partial charge in [-0.2, -0.15) is 5.10 Å². The number of H-pyrrole nitrogens is 1. The van der Waals surface area contributed by atoms with Crippen molar-refractivity contribution in [3.8, 4) is 11.3 Å². The van der Waals surface area contributed by atoms with Crippen molar-refractivity contribution in [1.82, 2.24) is 15.7 Å². The van der Waals surface area contributed by atoms with E-state index in [1.807, 2.05) is 44.2 Å². The van der Waals surface area contributed by atoms with E-state index in [0.29, 0.717) is 0 Å². The van der Waals surface area contributed by atoms with Gasteiger partial charge in [-0.25, -0.2) is 5.48 Å². The summed E-state index contributed by atoms with van der Waals surface area (Å²) < 4.78 is 0. The molecule has 0 fully saturated rings. The van der Waals surface area contributed by atoms with E-state index in [-0.39, 0.29) is 5.54 Å². The molecule has 0 spiro atoms. The number of nitrogens with one attached hydrogen (secondary N) is 2. The first-order valence-corrected chi connectivity index (χ1v) is 6.12. The number of aromatic nitrogens is 2. The van der Waals surface area contributed by atoms with Gasteiger partial charge in [0.05, 0.1) is 5.69 Å². The Morgan fingerprint density at radius 3 is 2.67 bits per heavy atom. The zero-order valence-corrected chi connectivity index (χ0v) is 10.8. The molecule has 4 nitrogen and oxygen atoms in total. The van der Waals surface area contributed by atoms with Crippen LogP contribution in [0.2, 0.25) is 0 Å². The van der Waals surface area contributed by atoms with E-state index >= 15 is 0 Å². The van der Waals surface area contributed by atoms with E-state index in [4.69, 9.17) is 5.21 Å². The van der Waals surface area contributed by atoms with E-state index in [1.165, 1.54) is 0 Å². The Morgan fingerprint density at radius 1 is 1.28 bits per heavy atom. The van der Waals surface area contributed by atoms with E-state index in [1.54, 1.807) is 0 Å². The molecule has 0 atom stereocenters. The maximum atomic E-state index is 8.98. The molecular weight excluding hydrogens is 226 g/mol. The summed E-state index contributed by atoms with van der Waals surface area (Å²) in [6, 6.07) is 12.1. The number of nitrogens with zero attached hydrogens (tertiary/aromatic N) is 1. The van der Waals surface area contributed by atoms with Crippen LogP contribution in [0.3, 0.4) is 0 Å². The molecule has 96 valence electrons. The smallest absolute Gasteiger partial charge is 0.0923 e. The quantitative estimate of drug-likeness (QED) is 0.710. The minimum absolute atomic E-state index is 0.280. The van der Waals surface area contributed by atoms with E-state index in [2.05, 4.69) is 21.7 Å². The maximum Gasteiger partial charge on any atom is 0.0923 e. The van der Waals surface area contributed by atoms with Crippen LogP contribution in [0.5, 0.6) is 0 Å². The molecule has 2 aromatic rings. The molecule has 1 aromatic heterocycles. The lowest BCUT2D eigenvalue weighted by atomic mass is 9.98. The molecule has 0 saturated heterocycles. The summed E-state index contributed by atoms with van der Waals surface area (Å²) in [5, 5.41) is 16.3. The molecule has 0 amide bonds. The number of aromatic amines is 1. The first-order valence-electron chi connectivity index (χ1n) is 6.12. The zero-order valence-electron chi connectivity index (χ0n) is 10.8. The number of hydrogen-bond acceptors (Lipinski definition) is 3. The highest BCUT2D eigenvalue weighted by molar-refractivity contribution is 5.58. The molecule has 0 aliphatic rings. The van der Waals surface area contributed by atoms with Crippen molar-refractivity contribution >= 4 is 0 Å². The monoisotopic (exact) mass is 245 g/mol. The topological polar surface area (TPSA) is 60.9 Å². The van der Waals surface area contributed by atoms with Gasteiger partial charge < -0.3 is 5.21 Å². The second-order valence-corrected chi connectivity index (χ2v) is 5.14. The summed E-state index contributed by atoms with van der Waals surface area (Å²) in [7, 11) is 0. The van der Waals surface area contributed by atoms with Crippen molar-refractivity contribution in [1.29, 1.82) is 0 Å². The van der Waals surface area contributed by atoms with Crippen molar-refractivity contribution in [2.45, 2.75) is 32.2 Å². The van der Waals surface area contributed by atoms with Crippen molar-refractivity contribution < 1.29 is 5.21 Å². The molecule has 0 saturated carbocycles. The Morgan fingerprint density at radius 2 is 2.00 bits per heavy atom. The van der Waals surface area contributed by atoms with Gasteiger partial charge in [-0.15, -0.1) is 0 Å². The van der Waals surface area contributed by atoms with Gasteiger partial charge in [0.1, 0.15) is 0 Å². The average Bonchev–Trinajstić information content (AvgIpc) is 2.86. The summed E-state index contributed by atoms with van der Waals surface area (Å²) >= 11 is 0. The number of aryl methyl sites for hydroxylation is 1. The molecule has 3 N–H and O–H groups in total. The summed E-state index contributed by atoms with van der Waals surface area (Å²) in [6.07, 6.45) is 1.68. The predicted molar refractivity (Wildman–Crippen MR) is 71.3 cm³/mol. The van der Waals surface area contributed by atoms with Crippen molar-refractivity contribution in [3.05, 3.63) is 42.1 Å². The van der Waals surface area contributed by atoms with Gasteiger partial charge in [-0.3, -0.25) is 5.10 Å². The molecule has 0 radical (unpaired) electrons. The summed E-state index contributed by atoms with van der Waals surface area (Å²) in [5.74, 6) is 0. The maximum absolute atomic E-state index is 8.98. The highest BCUT2D eigenvalue weighted by atomic mass is 16.5. The second-order valence-electron chi connectivity index (χ2n) is 5.14. The molecule has 0 unspecified atom stereocenters. The van der Waals surface area contributed by atoms with Gasteiger partial charge in [-0.05, 0) is 32.8 Å². The lowest BCUT2D eigenvalue weighted by Gasteiger charge is -2.21. The number of rotatable bonds is 5. The highest BCUT2D eigenvalue weighted by Gasteiger charge is 2.16. The van der Waals surface area contributed by atoms with Crippen LogP contribution in [0.25, 0.3) is 11.3 Å². The fourth-order valence-corrected chi connectivity index (χ4v) is 1.75. The van der Waals surface area contributed by atoms with Crippen molar-refractivity contribution in [2.24, 2.45) is 0 Å². The van der Waals surface area contributed by atoms with Crippen LogP contribution >= 0.6 is 0 Å². The second kappa shape index (κ2) is 5.33. The van der Waals surface area contributed by atoms with Crippen LogP contribution < -0.4 is 5.48 Å². The van der Waals surface area contributed by atoms with Crippen molar-refractivity contribution in [2.75, 3.05) is 0 Å². The Kier molecular flexibility index (Phi) is 3.79. The average molecular weight is 245 g/mol. The van der Waals surface area contributed by atoms with Gasteiger partial charge in [-0.1, -0.05) is 30.3 Å². The third-order valence-corrected chi connectivity index (χ3v) is 3.02. The number of benzene rings is 1. The predicted octanol–water partition coefficient (Wildman–Crippen LogP) is 2.77. The van der Waals surface area contributed by atoms with Gasteiger partial charge >= 0.3 is 0 Å². The number of hydrogen-bond donors (Lipinski definition) is 3. The standard InChI is InChI=1S/C14H19N3O/c1-14(2,17-18)9-8-12-10-13(16-15-12)11-6-4-3-5-7-11/h3-7,10,17-18H,8-9H2,1-2H3,(H,15,16). The SMILES string of the molecule is CC(C)(CCc1cc(-c2ccccc2)n[nH]1)NO. The molecule has 18 heavy (non-hydrogen) atoms. The lowest BCUT2D eigenvalue weighted by Crippen LogP contribution is -2.37. The van der Waals surface area contributed by atoms with Gasteiger partial charge in [0, 0.05) is 16.8 Å². The summed E-state index contributed by atoms with van der Waals surface area (Å²) in [6.45, 7) is 3.92. The molecule has 4 heteroatoms. The summed E-state index contributed by atoms with van der Waals surface area (Å²) in [5.41, 5.74) is 5.19. The lowest BCUT2D eigenvalue weighted by molar-refractivity contribution is 0.0766. The fraction of sp³-hybridized carbons (Fsp3) is 0.357. The van der Waals surface area contributed by atoms with Crippen LogP contribution in [0.1, 0.15) is 26.0 Å². The molecular formula is C14H19N3O. The molecule has 0 aliphatic carbocycles. The van der Waals surface area contributed by atoms with Crippen LogP contribution in [0.4, 0.5) is 0 Å². The molecule has 0 bridgehead atoms. The third-order valence-electron chi connectivity index (χ3n) is 3.02. The Hall–Kier alpha value is -1.65. The molecule has 1 aromatic carbocycles. The Bertz CT molecular complexity index is 491. The number of hydroxylamine groups is 1. The van der Waals surface area contributed by atoms with Crippen LogP contribution in [0, 0.1) is 0 Å². The first kappa shape index (κ1) is 12.8. The van der Waals surface area contributed by atoms with E-state index in [9.17, 15) is 0 Å². The third kappa shape index (κ3) is 3.18. The Balaban J connectivity index is 2.03. The minimum atomic E-state index is -0.280. The fourth-order valence-electron chi connectivity index (χ4n) is 1.75. The van der Waals surface area contributed by atoms with Gasteiger partial charge in [0.15, 0.2) is 0 Å². The van der Waals surface area contributed by atoms with Crippen LogP contribution in [-0.4, -0.2) is 20.9 Å². The zero-order chi connectivity index (χ0) is 13.0. The van der Waals surface area contributed by atoms with E-state index in [0.717, 1.165) is 29.8 Å². The molecule has 2 rings (SSSR count). The van der Waals surface area contributed by atoms with E-state index < -0.39 is 0 Å². The Labute approximate surface area is 107 Å². The van der Waals surface area contributed by atoms with Crippen LogP contribution in [0.15, 0.2) is 36.4 Å². The van der Waals surface area contributed by atoms with Crippen LogP contribution in [-0.2, 0) is 6.42 Å². The molecule has 1 heterocycles. The minimum Gasteiger partial charge on any atom is -0.316 e. The normalized spacial score (nSPS) is 11.7. The van der Waals surface area contributed by atoms with Gasteiger partial charge in [0.2, 0.25) is 0 Å². The van der Waals surface area contributed by atoms with Gasteiger partial charge in [0.25, 0.3) is 0 Å². The van der Waals surface area contributed by atoms with Crippen molar-refractivity contribution in [3.63, 3.8) is 0 Å².